The maximum Gasteiger partial charge on any atom is 0.227 e. The van der Waals surface area contributed by atoms with Gasteiger partial charge in [-0.25, -0.2) is 0 Å². The Balaban J connectivity index is 1.86. The van der Waals surface area contributed by atoms with Crippen LogP contribution in [0.2, 0.25) is 0 Å². The molecule has 1 N–H and O–H groups in total. The molecule has 0 amide bonds. The van der Waals surface area contributed by atoms with Gasteiger partial charge in [-0.3, -0.25) is 0 Å². The first kappa shape index (κ1) is 13.7. The number of aryl methyl sites for hydroxylation is 3. The third-order valence-electron chi connectivity index (χ3n) is 2.89. The maximum absolute atomic E-state index is 5.25. The fraction of sp³-hybridized carbons (Fsp3) is 0.467. The van der Waals surface area contributed by atoms with E-state index in [-0.39, 0.29) is 0 Å². The lowest BCUT2D eigenvalue weighted by Crippen LogP contribution is -2.22. The number of rotatable bonds is 6. The third kappa shape index (κ3) is 4.48. The van der Waals surface area contributed by atoms with Crippen LogP contribution >= 0.6 is 0 Å². The molecule has 0 bridgehead atoms. The monoisotopic (exact) mass is 259 g/mol. The van der Waals surface area contributed by atoms with Gasteiger partial charge in [0.05, 0.1) is 6.54 Å². The molecule has 0 aliphatic carbocycles. The molecule has 1 aromatic carbocycles. The average Bonchev–Trinajstić information content (AvgIpc) is 2.82. The average molecular weight is 259 g/mol. The molecule has 0 atom stereocenters. The van der Waals surface area contributed by atoms with Gasteiger partial charge >= 0.3 is 0 Å². The summed E-state index contributed by atoms with van der Waals surface area (Å²) in [5.74, 6) is 1.44. The van der Waals surface area contributed by atoms with Crippen LogP contribution in [0.5, 0.6) is 0 Å². The molecule has 0 unspecified atom stereocenters. The van der Waals surface area contributed by atoms with Crippen molar-refractivity contribution in [2.24, 2.45) is 0 Å². The summed E-state index contributed by atoms with van der Waals surface area (Å²) in [7, 11) is 0. The summed E-state index contributed by atoms with van der Waals surface area (Å²) in [5, 5.41) is 7.24. The molecule has 0 saturated heterocycles. The lowest BCUT2D eigenvalue weighted by molar-refractivity contribution is 0.370. The van der Waals surface area contributed by atoms with Gasteiger partial charge in [-0.05, 0) is 18.9 Å². The molecular weight excluding hydrogens is 238 g/mol. The SMILES string of the molecule is Cc1cccc(CCc2nc(CNC(C)C)no2)c1. The first-order valence-corrected chi connectivity index (χ1v) is 6.74. The second-order valence-corrected chi connectivity index (χ2v) is 5.13. The minimum absolute atomic E-state index is 0.425. The van der Waals surface area contributed by atoms with Crippen LogP contribution in [-0.4, -0.2) is 16.2 Å². The summed E-state index contributed by atoms with van der Waals surface area (Å²) in [5.41, 5.74) is 2.59. The summed E-state index contributed by atoms with van der Waals surface area (Å²) in [6.45, 7) is 6.95. The predicted molar refractivity (Wildman–Crippen MR) is 74.9 cm³/mol. The highest BCUT2D eigenvalue weighted by molar-refractivity contribution is 5.22. The van der Waals surface area contributed by atoms with Gasteiger partial charge in [0.1, 0.15) is 0 Å². The highest BCUT2D eigenvalue weighted by Gasteiger charge is 2.06. The predicted octanol–water partition coefficient (Wildman–Crippen LogP) is 2.66. The lowest BCUT2D eigenvalue weighted by atomic mass is 10.1. The van der Waals surface area contributed by atoms with E-state index < -0.39 is 0 Å². The van der Waals surface area contributed by atoms with E-state index in [1.807, 2.05) is 0 Å². The Bertz CT molecular complexity index is 520. The zero-order valence-electron chi connectivity index (χ0n) is 11.8. The van der Waals surface area contributed by atoms with Crippen molar-refractivity contribution in [3.05, 3.63) is 47.1 Å². The number of hydrogen-bond donors (Lipinski definition) is 1. The summed E-state index contributed by atoms with van der Waals surface area (Å²) >= 11 is 0. The van der Waals surface area contributed by atoms with Gasteiger partial charge in [0.15, 0.2) is 5.82 Å². The minimum atomic E-state index is 0.425. The van der Waals surface area contributed by atoms with E-state index in [1.165, 1.54) is 11.1 Å². The van der Waals surface area contributed by atoms with Crippen LogP contribution in [0, 0.1) is 6.92 Å². The van der Waals surface area contributed by atoms with Crippen molar-refractivity contribution < 1.29 is 4.52 Å². The Morgan fingerprint density at radius 2 is 2.11 bits per heavy atom. The van der Waals surface area contributed by atoms with Gasteiger partial charge < -0.3 is 9.84 Å². The summed E-state index contributed by atoms with van der Waals surface area (Å²) in [4.78, 5) is 4.38. The van der Waals surface area contributed by atoms with Crippen molar-refractivity contribution in [3.8, 4) is 0 Å². The lowest BCUT2D eigenvalue weighted by Gasteiger charge is -2.03. The molecule has 0 radical (unpaired) electrons. The molecule has 0 fully saturated rings. The van der Waals surface area contributed by atoms with Crippen LogP contribution in [0.4, 0.5) is 0 Å². The van der Waals surface area contributed by atoms with Crippen LogP contribution in [0.1, 0.15) is 36.7 Å². The van der Waals surface area contributed by atoms with Crippen molar-refractivity contribution >= 4 is 0 Å². The van der Waals surface area contributed by atoms with Crippen LogP contribution in [0.25, 0.3) is 0 Å². The molecule has 102 valence electrons. The molecule has 2 aromatic rings. The molecule has 1 aromatic heterocycles. The summed E-state index contributed by atoms with van der Waals surface area (Å²) in [6, 6.07) is 8.93. The molecule has 2 rings (SSSR count). The van der Waals surface area contributed by atoms with E-state index in [0.717, 1.165) is 18.7 Å². The van der Waals surface area contributed by atoms with E-state index in [9.17, 15) is 0 Å². The van der Waals surface area contributed by atoms with E-state index in [1.54, 1.807) is 0 Å². The fourth-order valence-corrected chi connectivity index (χ4v) is 1.88. The zero-order valence-corrected chi connectivity index (χ0v) is 11.8. The van der Waals surface area contributed by atoms with Crippen LogP contribution in [-0.2, 0) is 19.4 Å². The Morgan fingerprint density at radius 3 is 2.84 bits per heavy atom. The van der Waals surface area contributed by atoms with E-state index in [0.29, 0.717) is 18.5 Å². The quantitative estimate of drug-likeness (QED) is 0.866. The van der Waals surface area contributed by atoms with Gasteiger partial charge in [0.25, 0.3) is 0 Å². The highest BCUT2D eigenvalue weighted by atomic mass is 16.5. The van der Waals surface area contributed by atoms with Crippen molar-refractivity contribution in [1.82, 2.24) is 15.5 Å². The van der Waals surface area contributed by atoms with E-state index in [2.05, 4.69) is 60.5 Å². The number of benzene rings is 1. The first-order valence-electron chi connectivity index (χ1n) is 6.74. The van der Waals surface area contributed by atoms with Gasteiger partial charge in [0, 0.05) is 12.5 Å². The van der Waals surface area contributed by atoms with Crippen molar-refractivity contribution in [1.29, 1.82) is 0 Å². The molecular formula is C15H21N3O. The zero-order chi connectivity index (χ0) is 13.7. The largest absolute Gasteiger partial charge is 0.339 e. The topological polar surface area (TPSA) is 51.0 Å². The van der Waals surface area contributed by atoms with Crippen LogP contribution in [0.15, 0.2) is 28.8 Å². The molecule has 19 heavy (non-hydrogen) atoms. The van der Waals surface area contributed by atoms with Gasteiger partial charge in [-0.2, -0.15) is 4.98 Å². The Kier molecular flexibility index (Phi) is 4.68. The van der Waals surface area contributed by atoms with E-state index in [4.69, 9.17) is 4.52 Å². The Labute approximate surface area is 114 Å². The molecule has 4 heteroatoms. The smallest absolute Gasteiger partial charge is 0.227 e. The molecule has 1 heterocycles. The Hall–Kier alpha value is -1.68. The number of hydrogen-bond acceptors (Lipinski definition) is 4. The summed E-state index contributed by atoms with van der Waals surface area (Å²) in [6.07, 6.45) is 1.72. The van der Waals surface area contributed by atoms with Gasteiger partial charge in [-0.1, -0.05) is 48.8 Å². The Morgan fingerprint density at radius 1 is 1.26 bits per heavy atom. The van der Waals surface area contributed by atoms with E-state index >= 15 is 0 Å². The molecule has 0 saturated carbocycles. The molecule has 0 aliphatic heterocycles. The number of nitrogens with zero attached hydrogens (tertiary/aromatic N) is 2. The normalized spacial score (nSPS) is 11.2. The first-order chi connectivity index (χ1) is 9.13. The summed E-state index contributed by atoms with van der Waals surface area (Å²) < 4.78 is 5.25. The minimum Gasteiger partial charge on any atom is -0.339 e. The molecule has 0 aliphatic rings. The number of aromatic nitrogens is 2. The maximum atomic E-state index is 5.25. The standard InChI is InChI=1S/C15H21N3O/c1-11(2)16-10-14-17-15(19-18-14)8-7-13-6-4-5-12(3)9-13/h4-6,9,11,16H,7-8,10H2,1-3H3. The van der Waals surface area contributed by atoms with Crippen molar-refractivity contribution in [3.63, 3.8) is 0 Å². The van der Waals surface area contributed by atoms with Crippen molar-refractivity contribution in [2.45, 2.75) is 46.2 Å². The van der Waals surface area contributed by atoms with Gasteiger partial charge in [-0.15, -0.1) is 0 Å². The van der Waals surface area contributed by atoms with Crippen molar-refractivity contribution in [2.75, 3.05) is 0 Å². The second-order valence-electron chi connectivity index (χ2n) is 5.13. The van der Waals surface area contributed by atoms with Gasteiger partial charge in [0.2, 0.25) is 5.89 Å². The second kappa shape index (κ2) is 6.48. The number of nitrogens with one attached hydrogen (secondary N) is 1. The van der Waals surface area contributed by atoms with Crippen LogP contribution < -0.4 is 5.32 Å². The molecule has 0 spiro atoms. The fourth-order valence-electron chi connectivity index (χ4n) is 1.88. The third-order valence-corrected chi connectivity index (χ3v) is 2.89. The highest BCUT2D eigenvalue weighted by Crippen LogP contribution is 2.08. The van der Waals surface area contributed by atoms with Crippen LogP contribution in [0.3, 0.4) is 0 Å². The molecule has 4 nitrogen and oxygen atoms in total.